The van der Waals surface area contributed by atoms with Gasteiger partial charge in [-0.2, -0.15) is 0 Å². The lowest BCUT2D eigenvalue weighted by molar-refractivity contribution is 0.0948. The molecule has 1 amide bonds. The Morgan fingerprint density at radius 2 is 1.85 bits per heavy atom. The molecule has 4 heteroatoms. The van der Waals surface area contributed by atoms with Crippen LogP contribution < -0.4 is 11.1 Å². The number of pyridine rings is 1. The first-order chi connectivity index (χ1) is 9.81. The third-order valence-corrected chi connectivity index (χ3v) is 3.25. The van der Waals surface area contributed by atoms with Crippen LogP contribution in [0.25, 0.3) is 10.9 Å². The standard InChI is InChI=1S/C16H21N3O/c17-11-5-1-2-6-12-18-16(20)15-10-9-13-7-3-4-8-14(13)19-15/h3-4,7-10H,1-2,5-6,11-12,17H2,(H,18,20). The van der Waals surface area contributed by atoms with E-state index in [1.54, 1.807) is 6.07 Å². The topological polar surface area (TPSA) is 68.0 Å². The molecule has 1 aromatic heterocycles. The van der Waals surface area contributed by atoms with E-state index in [2.05, 4.69) is 10.3 Å². The Balaban J connectivity index is 1.84. The van der Waals surface area contributed by atoms with Crippen molar-refractivity contribution in [3.63, 3.8) is 0 Å². The molecule has 3 N–H and O–H groups in total. The van der Waals surface area contributed by atoms with Gasteiger partial charge >= 0.3 is 0 Å². The van der Waals surface area contributed by atoms with E-state index >= 15 is 0 Å². The lowest BCUT2D eigenvalue weighted by atomic mass is 10.2. The van der Waals surface area contributed by atoms with Gasteiger partial charge < -0.3 is 11.1 Å². The molecule has 1 heterocycles. The highest BCUT2D eigenvalue weighted by atomic mass is 16.1. The van der Waals surface area contributed by atoms with Crippen molar-refractivity contribution in [2.24, 2.45) is 5.73 Å². The molecule has 0 aliphatic carbocycles. The van der Waals surface area contributed by atoms with E-state index in [0.717, 1.165) is 43.1 Å². The van der Waals surface area contributed by atoms with Gasteiger partial charge in [0.15, 0.2) is 0 Å². The summed E-state index contributed by atoms with van der Waals surface area (Å²) in [5.74, 6) is -0.102. The molecule has 0 bridgehead atoms. The number of rotatable bonds is 7. The van der Waals surface area contributed by atoms with Crippen LogP contribution in [0.1, 0.15) is 36.2 Å². The quantitative estimate of drug-likeness (QED) is 0.760. The van der Waals surface area contributed by atoms with Crippen molar-refractivity contribution in [1.82, 2.24) is 10.3 Å². The Kier molecular flexibility index (Phi) is 5.50. The van der Waals surface area contributed by atoms with Crippen molar-refractivity contribution >= 4 is 16.8 Å². The Hall–Kier alpha value is -1.94. The number of carbonyl (C=O) groups excluding carboxylic acids is 1. The van der Waals surface area contributed by atoms with Gasteiger partial charge in [-0.05, 0) is 31.5 Å². The van der Waals surface area contributed by atoms with E-state index in [4.69, 9.17) is 5.73 Å². The number of benzene rings is 1. The SMILES string of the molecule is NCCCCCCNC(=O)c1ccc2ccccc2n1. The van der Waals surface area contributed by atoms with Crippen LogP contribution in [0.2, 0.25) is 0 Å². The molecule has 0 aliphatic heterocycles. The lowest BCUT2D eigenvalue weighted by Gasteiger charge is -2.05. The van der Waals surface area contributed by atoms with Gasteiger partial charge in [0.1, 0.15) is 5.69 Å². The van der Waals surface area contributed by atoms with Crippen molar-refractivity contribution in [2.45, 2.75) is 25.7 Å². The van der Waals surface area contributed by atoms with Gasteiger partial charge in [-0.25, -0.2) is 4.98 Å². The molecule has 1 aromatic carbocycles. The average Bonchev–Trinajstić information content (AvgIpc) is 2.50. The Morgan fingerprint density at radius 3 is 2.70 bits per heavy atom. The fraction of sp³-hybridized carbons (Fsp3) is 0.375. The van der Waals surface area contributed by atoms with Gasteiger partial charge in [0.25, 0.3) is 5.91 Å². The molecule has 0 radical (unpaired) electrons. The van der Waals surface area contributed by atoms with Crippen molar-refractivity contribution in [3.8, 4) is 0 Å². The molecule has 0 saturated carbocycles. The van der Waals surface area contributed by atoms with Crippen LogP contribution in [0.5, 0.6) is 0 Å². The van der Waals surface area contributed by atoms with Crippen LogP contribution in [-0.4, -0.2) is 24.0 Å². The normalized spacial score (nSPS) is 10.7. The van der Waals surface area contributed by atoms with Crippen molar-refractivity contribution in [2.75, 3.05) is 13.1 Å². The zero-order valence-electron chi connectivity index (χ0n) is 11.6. The second-order valence-corrected chi connectivity index (χ2v) is 4.85. The minimum Gasteiger partial charge on any atom is -0.351 e. The number of aromatic nitrogens is 1. The molecule has 0 unspecified atom stereocenters. The summed E-state index contributed by atoms with van der Waals surface area (Å²) in [6, 6.07) is 11.5. The third kappa shape index (κ3) is 4.03. The van der Waals surface area contributed by atoms with Gasteiger partial charge in [-0.15, -0.1) is 0 Å². The van der Waals surface area contributed by atoms with Crippen LogP contribution in [0.4, 0.5) is 0 Å². The molecular weight excluding hydrogens is 250 g/mol. The molecule has 2 rings (SSSR count). The van der Waals surface area contributed by atoms with Gasteiger partial charge in [-0.1, -0.05) is 37.1 Å². The summed E-state index contributed by atoms with van der Waals surface area (Å²) >= 11 is 0. The number of amides is 1. The Bertz CT molecular complexity index is 568. The zero-order valence-corrected chi connectivity index (χ0v) is 11.6. The van der Waals surface area contributed by atoms with E-state index in [-0.39, 0.29) is 5.91 Å². The van der Waals surface area contributed by atoms with E-state index in [1.165, 1.54) is 0 Å². The predicted molar refractivity (Wildman–Crippen MR) is 81.6 cm³/mol. The summed E-state index contributed by atoms with van der Waals surface area (Å²) in [5.41, 5.74) is 6.76. The second-order valence-electron chi connectivity index (χ2n) is 4.85. The number of carbonyl (C=O) groups is 1. The summed E-state index contributed by atoms with van der Waals surface area (Å²) in [4.78, 5) is 16.4. The third-order valence-electron chi connectivity index (χ3n) is 3.25. The van der Waals surface area contributed by atoms with Crippen LogP contribution in [0.3, 0.4) is 0 Å². The molecule has 0 fully saturated rings. The summed E-state index contributed by atoms with van der Waals surface area (Å²) < 4.78 is 0. The number of fused-ring (bicyclic) bond motifs is 1. The maximum Gasteiger partial charge on any atom is 0.269 e. The number of nitrogens with two attached hydrogens (primary N) is 1. The summed E-state index contributed by atoms with van der Waals surface area (Å²) in [7, 11) is 0. The number of para-hydroxylation sites is 1. The smallest absolute Gasteiger partial charge is 0.269 e. The minimum atomic E-state index is -0.102. The largest absolute Gasteiger partial charge is 0.351 e. The Labute approximate surface area is 119 Å². The number of nitrogens with zero attached hydrogens (tertiary/aromatic N) is 1. The number of nitrogens with one attached hydrogen (secondary N) is 1. The summed E-state index contributed by atoms with van der Waals surface area (Å²) in [6.07, 6.45) is 4.27. The lowest BCUT2D eigenvalue weighted by Crippen LogP contribution is -2.25. The van der Waals surface area contributed by atoms with Gasteiger partial charge in [-0.3, -0.25) is 4.79 Å². The Morgan fingerprint density at radius 1 is 1.05 bits per heavy atom. The van der Waals surface area contributed by atoms with Crippen molar-refractivity contribution < 1.29 is 4.79 Å². The first kappa shape index (κ1) is 14.5. The van der Waals surface area contributed by atoms with Crippen LogP contribution in [0.15, 0.2) is 36.4 Å². The summed E-state index contributed by atoms with van der Waals surface area (Å²) in [6.45, 7) is 1.44. The molecule has 106 valence electrons. The fourth-order valence-corrected chi connectivity index (χ4v) is 2.11. The molecule has 0 aliphatic rings. The highest BCUT2D eigenvalue weighted by Crippen LogP contribution is 2.11. The van der Waals surface area contributed by atoms with Gasteiger partial charge in [0.05, 0.1) is 5.52 Å². The van der Waals surface area contributed by atoms with E-state index < -0.39 is 0 Å². The molecule has 4 nitrogen and oxygen atoms in total. The maximum absolute atomic E-state index is 12.0. The molecule has 20 heavy (non-hydrogen) atoms. The van der Waals surface area contributed by atoms with Gasteiger partial charge in [0, 0.05) is 11.9 Å². The van der Waals surface area contributed by atoms with E-state index in [0.29, 0.717) is 12.2 Å². The number of unbranched alkanes of at least 4 members (excludes halogenated alkanes) is 3. The first-order valence-corrected chi connectivity index (χ1v) is 7.15. The average molecular weight is 271 g/mol. The predicted octanol–water partition coefficient (Wildman–Crippen LogP) is 2.48. The molecule has 0 saturated heterocycles. The monoisotopic (exact) mass is 271 g/mol. The molecular formula is C16H21N3O. The van der Waals surface area contributed by atoms with Crippen molar-refractivity contribution in [1.29, 1.82) is 0 Å². The van der Waals surface area contributed by atoms with Crippen LogP contribution in [0, 0.1) is 0 Å². The molecule has 0 spiro atoms. The first-order valence-electron chi connectivity index (χ1n) is 7.15. The van der Waals surface area contributed by atoms with Crippen LogP contribution in [-0.2, 0) is 0 Å². The van der Waals surface area contributed by atoms with Crippen molar-refractivity contribution in [3.05, 3.63) is 42.1 Å². The fourth-order valence-electron chi connectivity index (χ4n) is 2.11. The van der Waals surface area contributed by atoms with Gasteiger partial charge in [0.2, 0.25) is 0 Å². The van der Waals surface area contributed by atoms with Crippen LogP contribution >= 0.6 is 0 Å². The molecule has 0 atom stereocenters. The number of hydrogen-bond donors (Lipinski definition) is 2. The minimum absolute atomic E-state index is 0.102. The zero-order chi connectivity index (χ0) is 14.2. The highest BCUT2D eigenvalue weighted by Gasteiger charge is 2.06. The second kappa shape index (κ2) is 7.60. The maximum atomic E-state index is 12.0. The number of hydrogen-bond acceptors (Lipinski definition) is 3. The summed E-state index contributed by atoms with van der Waals surface area (Å²) in [5, 5.41) is 3.95. The van der Waals surface area contributed by atoms with E-state index in [1.807, 2.05) is 30.3 Å². The highest BCUT2D eigenvalue weighted by molar-refractivity contribution is 5.94. The van der Waals surface area contributed by atoms with E-state index in [9.17, 15) is 4.79 Å². The molecule has 2 aromatic rings.